The van der Waals surface area contributed by atoms with E-state index >= 15 is 0 Å². The summed E-state index contributed by atoms with van der Waals surface area (Å²) in [6, 6.07) is 29.1. The summed E-state index contributed by atoms with van der Waals surface area (Å²) in [5.41, 5.74) is -0.0770. The molecule has 3 aromatic carbocycles. The van der Waals surface area contributed by atoms with E-state index in [0.29, 0.717) is 11.5 Å². The highest BCUT2D eigenvalue weighted by molar-refractivity contribution is 7.44. The minimum absolute atomic E-state index is 0.0111. The van der Waals surface area contributed by atoms with E-state index in [1.807, 2.05) is 85.8 Å². The van der Waals surface area contributed by atoms with Gasteiger partial charge in [0.25, 0.3) is 14.1 Å². The van der Waals surface area contributed by atoms with Gasteiger partial charge in [-0.3, -0.25) is 14.3 Å². The van der Waals surface area contributed by atoms with E-state index in [1.54, 1.807) is 14.2 Å². The van der Waals surface area contributed by atoms with E-state index in [4.69, 9.17) is 28.0 Å². The maximum Gasteiger partial charge on any atom is 0.330 e. The Balaban J connectivity index is 1.51. The molecule has 1 aliphatic heterocycles. The van der Waals surface area contributed by atoms with Gasteiger partial charge >= 0.3 is 5.69 Å². The molecule has 4 aromatic rings. The van der Waals surface area contributed by atoms with Crippen LogP contribution in [0.15, 0.2) is 112 Å². The Hall–Kier alpha value is -4.60. The monoisotopic (exact) mass is 768 g/mol. The summed E-state index contributed by atoms with van der Waals surface area (Å²) in [5.74, 6) is 0.928. The largest absolute Gasteiger partial charge is 0.497 e. The van der Waals surface area contributed by atoms with Crippen LogP contribution in [0.25, 0.3) is 0 Å². The van der Waals surface area contributed by atoms with E-state index in [9.17, 15) is 14.9 Å². The molecular formula is C42H49N4O8P. The lowest BCUT2D eigenvalue weighted by Crippen LogP contribution is -2.48. The number of aromatic amines is 1. The number of methoxy groups -OCH3 is 2. The van der Waals surface area contributed by atoms with Gasteiger partial charge in [0.1, 0.15) is 35.0 Å². The molecule has 2 heterocycles. The summed E-state index contributed by atoms with van der Waals surface area (Å²) in [4.78, 5) is 27.8. The molecule has 290 valence electrons. The van der Waals surface area contributed by atoms with Crippen molar-refractivity contribution < 1.29 is 28.0 Å². The van der Waals surface area contributed by atoms with Gasteiger partial charge in [-0.15, -0.1) is 0 Å². The zero-order valence-corrected chi connectivity index (χ0v) is 33.2. The fourth-order valence-electron chi connectivity index (χ4n) is 7.67. The number of hydrogen-bond donors (Lipinski definition) is 1. The molecule has 2 aliphatic rings. The van der Waals surface area contributed by atoms with Crippen LogP contribution in [0.5, 0.6) is 11.5 Å². The Morgan fingerprint density at radius 3 is 2.02 bits per heavy atom. The van der Waals surface area contributed by atoms with E-state index in [0.717, 1.165) is 22.3 Å². The molecule has 1 fully saturated rings. The van der Waals surface area contributed by atoms with Crippen molar-refractivity contribution in [3.63, 3.8) is 0 Å². The molecule has 1 aliphatic carbocycles. The summed E-state index contributed by atoms with van der Waals surface area (Å²) in [6.45, 7) is 10.5. The van der Waals surface area contributed by atoms with E-state index in [2.05, 4.69) is 49.5 Å². The molecule has 5 atom stereocenters. The summed E-state index contributed by atoms with van der Waals surface area (Å²) in [6.07, 6.45) is 2.19. The van der Waals surface area contributed by atoms with Crippen LogP contribution in [0.2, 0.25) is 0 Å². The van der Waals surface area contributed by atoms with Crippen LogP contribution in [0, 0.1) is 17.2 Å². The van der Waals surface area contributed by atoms with E-state index < -0.39 is 49.2 Å². The summed E-state index contributed by atoms with van der Waals surface area (Å²) < 4.78 is 42.7. The molecule has 0 spiro atoms. The number of H-pyrrole nitrogens is 1. The third-order valence-electron chi connectivity index (χ3n) is 10.2. The van der Waals surface area contributed by atoms with Crippen molar-refractivity contribution in [1.82, 2.24) is 14.2 Å². The number of hydrogen-bond acceptors (Lipinski definition) is 10. The highest BCUT2D eigenvalue weighted by atomic mass is 31.2. The number of nitriles is 1. The maximum absolute atomic E-state index is 13.3. The molecule has 55 heavy (non-hydrogen) atoms. The second-order valence-corrected chi connectivity index (χ2v) is 15.6. The Labute approximate surface area is 323 Å². The summed E-state index contributed by atoms with van der Waals surface area (Å²) in [7, 11) is 1.53. The van der Waals surface area contributed by atoms with Crippen LogP contribution in [-0.4, -0.2) is 65.4 Å². The van der Waals surface area contributed by atoms with Crippen LogP contribution in [0.3, 0.4) is 0 Å². The molecule has 0 radical (unpaired) electrons. The van der Waals surface area contributed by atoms with Crippen LogP contribution in [-0.2, 0) is 24.1 Å². The third-order valence-corrected chi connectivity index (χ3v) is 12.4. The lowest BCUT2D eigenvalue weighted by atomic mass is 9.79. The average Bonchev–Trinajstić information content (AvgIpc) is 3.62. The second-order valence-electron chi connectivity index (χ2n) is 14.2. The second kappa shape index (κ2) is 17.0. The number of aromatic nitrogens is 2. The summed E-state index contributed by atoms with van der Waals surface area (Å²) >= 11 is 0. The van der Waals surface area contributed by atoms with Crippen molar-refractivity contribution >= 4 is 8.53 Å². The smallest absolute Gasteiger partial charge is 0.330 e. The molecule has 5 unspecified atom stereocenters. The molecule has 0 saturated carbocycles. The number of ether oxygens (including phenoxy) is 4. The minimum atomic E-state index is -1.73. The molecule has 1 aromatic heterocycles. The highest BCUT2D eigenvalue weighted by Crippen LogP contribution is 2.59. The maximum atomic E-state index is 13.3. The third kappa shape index (κ3) is 7.79. The fourth-order valence-corrected chi connectivity index (χ4v) is 9.48. The van der Waals surface area contributed by atoms with Gasteiger partial charge in [-0.25, -0.2) is 9.46 Å². The van der Waals surface area contributed by atoms with Gasteiger partial charge in [-0.05, 0) is 81.1 Å². The molecule has 12 nitrogen and oxygen atoms in total. The van der Waals surface area contributed by atoms with Crippen molar-refractivity contribution in [3.8, 4) is 17.6 Å². The first kappa shape index (κ1) is 40.1. The van der Waals surface area contributed by atoms with Gasteiger partial charge < -0.3 is 28.0 Å². The molecule has 2 bridgehead atoms. The number of nitrogens with one attached hydrogen (secondary N) is 1. The van der Waals surface area contributed by atoms with E-state index in [1.165, 1.54) is 16.8 Å². The van der Waals surface area contributed by atoms with Crippen molar-refractivity contribution in [1.29, 1.82) is 5.26 Å². The first-order chi connectivity index (χ1) is 26.5. The predicted octanol–water partition coefficient (Wildman–Crippen LogP) is 7.07. The van der Waals surface area contributed by atoms with Crippen LogP contribution >= 0.6 is 8.53 Å². The Kier molecular flexibility index (Phi) is 12.4. The normalized spacial score (nSPS) is 21.2. The molecule has 0 amide bonds. The lowest BCUT2D eigenvalue weighted by Gasteiger charge is -2.42. The average molecular weight is 769 g/mol. The predicted molar refractivity (Wildman–Crippen MR) is 210 cm³/mol. The van der Waals surface area contributed by atoms with Gasteiger partial charge in [-0.1, -0.05) is 60.7 Å². The van der Waals surface area contributed by atoms with Crippen LogP contribution in [0.1, 0.15) is 64.0 Å². The van der Waals surface area contributed by atoms with Gasteiger partial charge in [-0.2, -0.15) is 5.26 Å². The standard InChI is InChI=1S/C42H49N4O8P/c1-28(2)46(29(3)4)55(52-25-11-23-43)54-38-36-26-30(5)41(38,53-39(36)45-24-22-37(47)44-40(45)48)27-51-42(31-12-9-8-10-13-31,32-14-18-34(49-6)19-15-32)33-16-20-35(50-7)21-17-33/h8-10,12-22,24,26,28-29,36,38-39H,11,25,27H2,1-7H3,(H,44,47,48). The van der Waals surface area contributed by atoms with E-state index in [-0.39, 0.29) is 31.7 Å². The van der Waals surface area contributed by atoms with Gasteiger partial charge in [0, 0.05) is 24.3 Å². The Morgan fingerprint density at radius 2 is 1.49 bits per heavy atom. The fraction of sp³-hybridized carbons (Fsp3) is 0.405. The van der Waals surface area contributed by atoms with Crippen molar-refractivity contribution in [2.45, 2.75) is 76.7 Å². The minimum Gasteiger partial charge on any atom is -0.497 e. The zero-order chi connectivity index (χ0) is 39.3. The zero-order valence-electron chi connectivity index (χ0n) is 32.3. The molecule has 6 rings (SSSR count). The SMILES string of the molecule is COc1ccc(C(OCC23OC(n4ccc(=O)[nH]c4=O)C(C=C2C)C3OP(OCCC#N)N(C(C)C)C(C)C)(c2ccccc2)c2ccc(OC)cc2)cc1. The Morgan fingerprint density at radius 1 is 0.909 bits per heavy atom. The first-order valence-corrected chi connectivity index (χ1v) is 19.5. The van der Waals surface area contributed by atoms with Crippen molar-refractivity contribution in [3.05, 3.63) is 140 Å². The van der Waals surface area contributed by atoms with Crippen LogP contribution in [0.4, 0.5) is 0 Å². The van der Waals surface area contributed by atoms with Crippen LogP contribution < -0.4 is 20.7 Å². The van der Waals surface area contributed by atoms with Crippen molar-refractivity contribution in [2.24, 2.45) is 5.92 Å². The number of benzene rings is 3. The van der Waals surface area contributed by atoms with Crippen molar-refractivity contribution in [2.75, 3.05) is 27.4 Å². The highest BCUT2D eigenvalue weighted by Gasteiger charge is 2.63. The van der Waals surface area contributed by atoms with Gasteiger partial charge in [0.15, 0.2) is 0 Å². The van der Waals surface area contributed by atoms with Gasteiger partial charge in [0.2, 0.25) is 0 Å². The quantitative estimate of drug-likeness (QED) is 0.0514. The number of fused-ring (bicyclic) bond motifs is 2. The molecule has 1 N–H and O–H groups in total. The number of rotatable bonds is 17. The first-order valence-electron chi connectivity index (χ1n) is 18.4. The molecular weight excluding hydrogens is 719 g/mol. The summed E-state index contributed by atoms with van der Waals surface area (Å²) in [5, 5.41) is 9.39. The topological polar surface area (TPSA) is 137 Å². The molecule has 1 saturated heterocycles. The number of nitrogens with zero attached hydrogens (tertiary/aromatic N) is 3. The molecule has 13 heteroatoms. The Bertz CT molecular complexity index is 2040. The van der Waals surface area contributed by atoms with Gasteiger partial charge in [0.05, 0.1) is 45.8 Å². The lowest BCUT2D eigenvalue weighted by molar-refractivity contribution is -0.140.